The minimum Gasteiger partial charge on any atom is -0.378 e. The molecular formula is C18H20ClN5O5S. The van der Waals surface area contributed by atoms with Crippen LogP contribution in [-0.2, 0) is 16.0 Å². The average Bonchev–Trinajstić information content (AvgIpc) is 2.73. The van der Waals surface area contributed by atoms with Gasteiger partial charge in [-0.05, 0) is 30.3 Å². The normalized spacial score (nSPS) is 14.8. The van der Waals surface area contributed by atoms with E-state index in [9.17, 15) is 18.4 Å². The Hall–Kier alpha value is -2.73. The lowest BCUT2D eigenvalue weighted by Crippen LogP contribution is -2.41. The highest BCUT2D eigenvalue weighted by Gasteiger charge is 2.24. The zero-order valence-electron chi connectivity index (χ0n) is 16.0. The van der Waals surface area contributed by atoms with Gasteiger partial charge in [0, 0.05) is 25.8 Å². The lowest BCUT2D eigenvalue weighted by Gasteiger charge is -2.28. The van der Waals surface area contributed by atoms with Crippen molar-refractivity contribution < 1.29 is 23.1 Å². The van der Waals surface area contributed by atoms with Crippen molar-refractivity contribution in [3.63, 3.8) is 0 Å². The Morgan fingerprint density at radius 3 is 2.57 bits per heavy atom. The lowest BCUT2D eigenvalue weighted by atomic mass is 10.1. The molecule has 30 heavy (non-hydrogen) atoms. The molecule has 1 aromatic carbocycles. The van der Waals surface area contributed by atoms with E-state index in [0.717, 1.165) is 4.31 Å². The number of rotatable bonds is 6. The molecular weight excluding hydrogens is 434 g/mol. The molecule has 2 amide bonds. The molecule has 4 N–H and O–H groups in total. The monoisotopic (exact) mass is 453 g/mol. The van der Waals surface area contributed by atoms with E-state index >= 15 is 0 Å². The fraction of sp³-hybridized carbons (Fsp3) is 0.278. The second-order valence-corrected chi connectivity index (χ2v) is 7.78. The summed E-state index contributed by atoms with van der Waals surface area (Å²) >= 11 is 3.55. The van der Waals surface area contributed by atoms with E-state index in [4.69, 9.17) is 22.1 Å². The average molecular weight is 454 g/mol. The van der Waals surface area contributed by atoms with Crippen molar-refractivity contribution in [2.24, 2.45) is 5.73 Å². The maximum atomic E-state index is 13.0. The summed E-state index contributed by atoms with van der Waals surface area (Å²) < 4.78 is 27.6. The Bertz CT molecular complexity index is 999. The number of hydrogen-bond acceptors (Lipinski definition) is 6. The molecule has 0 radical (unpaired) electrons. The van der Waals surface area contributed by atoms with Gasteiger partial charge in [-0.2, -0.15) is 0 Å². The summed E-state index contributed by atoms with van der Waals surface area (Å²) in [6.07, 6.45) is 0. The van der Waals surface area contributed by atoms with Gasteiger partial charge >= 0.3 is 0 Å². The van der Waals surface area contributed by atoms with Crippen LogP contribution in [-0.4, -0.2) is 63.8 Å². The number of amides is 2. The van der Waals surface area contributed by atoms with E-state index < -0.39 is 17.2 Å². The Kier molecular flexibility index (Phi) is 6.87. The Morgan fingerprint density at radius 1 is 1.27 bits per heavy atom. The van der Waals surface area contributed by atoms with Gasteiger partial charge in [0.1, 0.15) is 11.0 Å². The van der Waals surface area contributed by atoms with E-state index in [2.05, 4.69) is 10.3 Å². The maximum absolute atomic E-state index is 13.0. The predicted octanol–water partition coefficient (Wildman–Crippen LogP) is 1.62. The van der Waals surface area contributed by atoms with Gasteiger partial charge in [0.05, 0.1) is 30.0 Å². The second kappa shape index (κ2) is 9.39. The molecule has 1 atom stereocenters. The summed E-state index contributed by atoms with van der Waals surface area (Å²) in [5.74, 6) is -0.855. The summed E-state index contributed by atoms with van der Waals surface area (Å²) in [7, 11) is 1.39. The van der Waals surface area contributed by atoms with Gasteiger partial charge < -0.3 is 20.7 Å². The zero-order chi connectivity index (χ0) is 21.8. The third-order valence-electron chi connectivity index (χ3n) is 4.49. The first-order valence-electron chi connectivity index (χ1n) is 8.87. The molecule has 160 valence electrons. The molecule has 10 nitrogen and oxygen atoms in total. The molecule has 12 heteroatoms. The van der Waals surface area contributed by atoms with Crippen molar-refractivity contribution in [2.45, 2.75) is 0 Å². The first-order chi connectivity index (χ1) is 14.3. The van der Waals surface area contributed by atoms with Crippen LogP contribution in [0.5, 0.6) is 0 Å². The number of carbonyl (C=O) groups excluding carboxylic acids is 2. The van der Waals surface area contributed by atoms with Crippen LogP contribution in [0.1, 0.15) is 20.7 Å². The van der Waals surface area contributed by atoms with Crippen LogP contribution < -0.4 is 15.4 Å². The maximum Gasteiger partial charge on any atom is 0.261 e. The van der Waals surface area contributed by atoms with Crippen LogP contribution in [0.15, 0.2) is 30.3 Å². The number of benzene rings is 1. The van der Waals surface area contributed by atoms with E-state index in [1.165, 1.54) is 31.3 Å². The van der Waals surface area contributed by atoms with E-state index in [1.807, 2.05) is 0 Å². The molecule has 0 saturated carbocycles. The topological polar surface area (TPSA) is 138 Å². The largest absolute Gasteiger partial charge is 0.378 e. The van der Waals surface area contributed by atoms with Crippen LogP contribution in [0.3, 0.4) is 0 Å². The number of carbonyl (C=O) groups is 2. The number of halogens is 1. The summed E-state index contributed by atoms with van der Waals surface area (Å²) in [5.41, 5.74) is 6.39. The molecule has 1 aromatic heterocycles. The fourth-order valence-corrected chi connectivity index (χ4v) is 3.40. The highest BCUT2D eigenvalue weighted by atomic mass is 35.5. The quantitative estimate of drug-likeness (QED) is 0.446. The molecule has 2 aromatic rings. The number of primary amides is 1. The lowest BCUT2D eigenvalue weighted by molar-refractivity contribution is 0.0303. The van der Waals surface area contributed by atoms with Gasteiger partial charge in [-0.3, -0.25) is 18.4 Å². The third-order valence-corrected chi connectivity index (χ3v) is 5.37. The van der Waals surface area contributed by atoms with Crippen molar-refractivity contribution in [3.05, 3.63) is 46.6 Å². The Morgan fingerprint density at radius 2 is 1.93 bits per heavy atom. The van der Waals surface area contributed by atoms with Crippen LogP contribution in [0.2, 0.25) is 5.15 Å². The van der Waals surface area contributed by atoms with Crippen molar-refractivity contribution in [1.82, 2.24) is 9.88 Å². The minimum absolute atomic E-state index is 0.119. The molecule has 1 fully saturated rings. The van der Waals surface area contributed by atoms with Crippen LogP contribution in [0, 0.1) is 0 Å². The number of pyridine rings is 1. The highest BCUT2D eigenvalue weighted by molar-refractivity contribution is 7.80. The van der Waals surface area contributed by atoms with Crippen LogP contribution >= 0.6 is 11.6 Å². The summed E-state index contributed by atoms with van der Waals surface area (Å²) in [5, 5.41) is 3.07. The van der Waals surface area contributed by atoms with Crippen molar-refractivity contribution in [2.75, 3.05) is 43.0 Å². The molecule has 1 unspecified atom stereocenters. The molecule has 0 aliphatic carbocycles. The standard InChI is InChI=1S/C18H20ClN5O5S/c1-23(30(27)28)14-10-11(21-17-13(16(20)25)4-5-15(19)22-17)2-3-12(14)18(26)24-6-8-29-9-7-24/h2-5,10H,6-9H2,1H3,(H2,20,25)(H,21,22)(H,27,28). The van der Waals surface area contributed by atoms with Crippen molar-refractivity contribution in [3.8, 4) is 0 Å². The van der Waals surface area contributed by atoms with Gasteiger partial charge in [-0.1, -0.05) is 11.6 Å². The Labute approximate surface area is 180 Å². The van der Waals surface area contributed by atoms with Gasteiger partial charge in [-0.15, -0.1) is 0 Å². The summed E-state index contributed by atoms with van der Waals surface area (Å²) in [6.45, 7) is 1.72. The number of nitrogens with two attached hydrogens (primary N) is 1. The van der Waals surface area contributed by atoms with Crippen molar-refractivity contribution in [1.29, 1.82) is 0 Å². The van der Waals surface area contributed by atoms with E-state index in [-0.39, 0.29) is 33.7 Å². The van der Waals surface area contributed by atoms with E-state index in [1.54, 1.807) is 11.0 Å². The number of ether oxygens (including phenoxy) is 1. The number of morpholine rings is 1. The second-order valence-electron chi connectivity index (χ2n) is 6.38. The van der Waals surface area contributed by atoms with Crippen molar-refractivity contribution >= 4 is 51.9 Å². The molecule has 1 aliphatic heterocycles. The highest BCUT2D eigenvalue weighted by Crippen LogP contribution is 2.29. The summed E-state index contributed by atoms with van der Waals surface area (Å²) in [6, 6.07) is 7.51. The van der Waals surface area contributed by atoms with Crippen LogP contribution in [0.4, 0.5) is 17.2 Å². The number of aromatic nitrogens is 1. The smallest absolute Gasteiger partial charge is 0.261 e. The molecule has 0 bridgehead atoms. The van der Waals surface area contributed by atoms with E-state index in [0.29, 0.717) is 32.0 Å². The molecule has 1 aliphatic rings. The fourth-order valence-electron chi connectivity index (χ4n) is 2.94. The van der Waals surface area contributed by atoms with Gasteiger partial charge in [0.2, 0.25) is 0 Å². The number of anilines is 3. The molecule has 0 spiro atoms. The number of nitrogens with zero attached hydrogens (tertiary/aromatic N) is 3. The molecule has 2 heterocycles. The van der Waals surface area contributed by atoms with Crippen LogP contribution in [0.25, 0.3) is 0 Å². The number of hydrogen-bond donors (Lipinski definition) is 3. The Balaban J connectivity index is 1.99. The SMILES string of the molecule is CN(c1cc(Nc2nc(Cl)ccc2C(N)=O)ccc1C(=O)N1CCOCC1)S(=O)O. The first-order valence-corrected chi connectivity index (χ1v) is 10.3. The molecule has 3 rings (SSSR count). The van der Waals surface area contributed by atoms with Gasteiger partial charge in [0.15, 0.2) is 0 Å². The summed E-state index contributed by atoms with van der Waals surface area (Å²) in [4.78, 5) is 30.3. The first kappa shape index (κ1) is 22.0. The third kappa shape index (κ3) is 4.87. The van der Waals surface area contributed by atoms with Gasteiger partial charge in [-0.25, -0.2) is 9.19 Å². The number of nitrogens with one attached hydrogen (secondary N) is 1. The van der Waals surface area contributed by atoms with Gasteiger partial charge in [0.25, 0.3) is 23.1 Å². The predicted molar refractivity (Wildman–Crippen MR) is 113 cm³/mol. The minimum atomic E-state index is -2.36. The zero-order valence-corrected chi connectivity index (χ0v) is 17.6. The molecule has 1 saturated heterocycles.